The molecular formula is C19H20N2O3. The number of amides is 1. The van der Waals surface area contributed by atoms with Crippen molar-refractivity contribution in [2.75, 3.05) is 20.8 Å². The molecule has 1 aromatic heterocycles. The highest BCUT2D eigenvalue weighted by Gasteiger charge is 2.49. The van der Waals surface area contributed by atoms with E-state index in [9.17, 15) is 4.79 Å². The van der Waals surface area contributed by atoms with Crippen molar-refractivity contribution in [1.82, 2.24) is 9.88 Å². The Labute approximate surface area is 141 Å². The quantitative estimate of drug-likeness (QED) is 0.605. The maximum Gasteiger partial charge on any atom is 0.233 e. The van der Waals surface area contributed by atoms with Crippen molar-refractivity contribution in [3.8, 4) is 11.5 Å². The minimum atomic E-state index is -0.278. The van der Waals surface area contributed by atoms with Gasteiger partial charge in [0.05, 0.1) is 31.9 Å². The summed E-state index contributed by atoms with van der Waals surface area (Å²) in [5.41, 5.74) is 1.77. The zero-order chi connectivity index (χ0) is 17.1. The third-order valence-corrected chi connectivity index (χ3v) is 4.28. The second-order valence-corrected chi connectivity index (χ2v) is 5.57. The van der Waals surface area contributed by atoms with Gasteiger partial charge >= 0.3 is 0 Å². The van der Waals surface area contributed by atoms with Crippen molar-refractivity contribution >= 4 is 5.91 Å². The molecule has 2 heterocycles. The van der Waals surface area contributed by atoms with Crippen molar-refractivity contribution in [2.45, 2.75) is 12.0 Å². The molecule has 2 aromatic rings. The van der Waals surface area contributed by atoms with Gasteiger partial charge in [0.15, 0.2) is 11.5 Å². The molecule has 1 amide bonds. The third-order valence-electron chi connectivity index (χ3n) is 4.28. The van der Waals surface area contributed by atoms with E-state index in [1.807, 2.05) is 36.4 Å². The first-order chi connectivity index (χ1) is 11.7. The van der Waals surface area contributed by atoms with E-state index < -0.39 is 0 Å². The Kier molecular flexibility index (Phi) is 4.51. The number of rotatable bonds is 6. The summed E-state index contributed by atoms with van der Waals surface area (Å²) in [6.45, 7) is 4.25. The Morgan fingerprint density at radius 3 is 2.62 bits per heavy atom. The predicted molar refractivity (Wildman–Crippen MR) is 91.2 cm³/mol. The Bertz CT molecular complexity index is 746. The van der Waals surface area contributed by atoms with Gasteiger partial charge in [0.1, 0.15) is 0 Å². The normalized spacial score (nSPS) is 19.6. The summed E-state index contributed by atoms with van der Waals surface area (Å²) in [5, 5.41) is 0. The van der Waals surface area contributed by atoms with Gasteiger partial charge in [-0.05, 0) is 29.8 Å². The average molecular weight is 324 g/mol. The van der Waals surface area contributed by atoms with Crippen LogP contribution in [0.5, 0.6) is 11.5 Å². The van der Waals surface area contributed by atoms with E-state index in [0.29, 0.717) is 18.0 Å². The number of aromatic nitrogens is 1. The smallest absolute Gasteiger partial charge is 0.233 e. The maximum atomic E-state index is 12.7. The molecule has 5 nitrogen and oxygen atoms in total. The van der Waals surface area contributed by atoms with Crippen LogP contribution in [-0.4, -0.2) is 36.6 Å². The zero-order valence-corrected chi connectivity index (χ0v) is 13.8. The number of likely N-dealkylation sites (tertiary alicyclic amines) is 1. The lowest BCUT2D eigenvalue weighted by molar-refractivity contribution is -0.149. The van der Waals surface area contributed by atoms with Crippen LogP contribution in [0.3, 0.4) is 0 Å². The molecule has 0 saturated carbocycles. The first kappa shape index (κ1) is 16.1. The van der Waals surface area contributed by atoms with Gasteiger partial charge in [-0.1, -0.05) is 18.2 Å². The number of methoxy groups -OCH3 is 2. The van der Waals surface area contributed by atoms with E-state index in [0.717, 1.165) is 11.3 Å². The van der Waals surface area contributed by atoms with Crippen LogP contribution in [-0.2, 0) is 4.79 Å². The monoisotopic (exact) mass is 324 g/mol. The molecule has 1 aliphatic heterocycles. The summed E-state index contributed by atoms with van der Waals surface area (Å²) in [7, 11) is 3.18. The van der Waals surface area contributed by atoms with E-state index >= 15 is 0 Å². The van der Waals surface area contributed by atoms with Gasteiger partial charge in [-0.2, -0.15) is 0 Å². The summed E-state index contributed by atoms with van der Waals surface area (Å²) in [6.07, 6.45) is 3.48. The van der Waals surface area contributed by atoms with E-state index in [1.54, 1.807) is 31.4 Å². The van der Waals surface area contributed by atoms with Crippen LogP contribution in [0.25, 0.3) is 0 Å². The van der Waals surface area contributed by atoms with Crippen LogP contribution in [0.2, 0.25) is 0 Å². The van der Waals surface area contributed by atoms with E-state index in [1.165, 1.54) is 0 Å². The number of ether oxygens (including phenoxy) is 2. The molecule has 24 heavy (non-hydrogen) atoms. The molecule has 0 spiro atoms. The lowest BCUT2D eigenvalue weighted by atomic mass is 9.79. The Morgan fingerprint density at radius 1 is 1.21 bits per heavy atom. The van der Waals surface area contributed by atoms with Crippen LogP contribution in [0.4, 0.5) is 0 Å². The fourth-order valence-corrected chi connectivity index (χ4v) is 3.14. The van der Waals surface area contributed by atoms with Gasteiger partial charge in [0.2, 0.25) is 5.91 Å². The van der Waals surface area contributed by atoms with Gasteiger partial charge in [-0.3, -0.25) is 9.78 Å². The molecule has 0 bridgehead atoms. The molecule has 3 rings (SSSR count). The van der Waals surface area contributed by atoms with Crippen LogP contribution >= 0.6 is 0 Å². The van der Waals surface area contributed by atoms with E-state index in [-0.39, 0.29) is 17.9 Å². The molecule has 1 aliphatic rings. The Morgan fingerprint density at radius 2 is 2.00 bits per heavy atom. The van der Waals surface area contributed by atoms with Crippen LogP contribution < -0.4 is 9.47 Å². The van der Waals surface area contributed by atoms with Crippen LogP contribution in [0, 0.1) is 0 Å². The molecule has 5 heteroatoms. The van der Waals surface area contributed by atoms with E-state index in [2.05, 4.69) is 11.6 Å². The number of β-lactam (4-membered cyclic amide) rings is 1. The molecule has 1 fully saturated rings. The summed E-state index contributed by atoms with van der Waals surface area (Å²) >= 11 is 0. The highest BCUT2D eigenvalue weighted by molar-refractivity contribution is 5.91. The standard InChI is InChI=1S/C19H20N2O3/c1-4-11-21-18(14-7-5-6-10-20-14)17(19(21)22)13-8-9-15(23-2)16(12-13)24-3/h4-10,12,17-18H,1,11H2,2-3H3/t17-,18-/m1/s1. The molecule has 1 aromatic carbocycles. The van der Waals surface area contributed by atoms with Crippen LogP contribution in [0.15, 0.2) is 55.3 Å². The van der Waals surface area contributed by atoms with Gasteiger partial charge in [-0.15, -0.1) is 6.58 Å². The Hall–Kier alpha value is -2.82. The molecule has 0 radical (unpaired) electrons. The SMILES string of the molecule is C=CCN1C(=O)[C@H](c2ccc(OC)c(OC)c2)[C@H]1c1ccccn1. The fourth-order valence-electron chi connectivity index (χ4n) is 3.14. The predicted octanol–water partition coefficient (Wildman–Crippen LogP) is 2.95. The van der Waals surface area contributed by atoms with Gasteiger partial charge in [0.25, 0.3) is 0 Å². The zero-order valence-electron chi connectivity index (χ0n) is 13.8. The minimum absolute atomic E-state index is 0.0674. The van der Waals surface area contributed by atoms with Gasteiger partial charge in [0, 0.05) is 12.7 Å². The number of hydrogen-bond donors (Lipinski definition) is 0. The summed E-state index contributed by atoms with van der Waals surface area (Å²) in [6, 6.07) is 11.2. The lowest BCUT2D eigenvalue weighted by Gasteiger charge is -2.46. The first-order valence-corrected chi connectivity index (χ1v) is 7.75. The number of hydrogen-bond acceptors (Lipinski definition) is 4. The number of carbonyl (C=O) groups excluding carboxylic acids is 1. The molecule has 0 N–H and O–H groups in total. The number of nitrogens with zero attached hydrogens (tertiary/aromatic N) is 2. The number of benzene rings is 1. The molecular weight excluding hydrogens is 304 g/mol. The lowest BCUT2D eigenvalue weighted by Crippen LogP contribution is -2.53. The van der Waals surface area contributed by atoms with Crippen molar-refractivity contribution in [3.05, 3.63) is 66.5 Å². The highest BCUT2D eigenvalue weighted by atomic mass is 16.5. The second-order valence-electron chi connectivity index (χ2n) is 5.57. The summed E-state index contributed by atoms with van der Waals surface area (Å²) in [4.78, 5) is 18.9. The second kappa shape index (κ2) is 6.74. The Balaban J connectivity index is 1.99. The average Bonchev–Trinajstić information content (AvgIpc) is 2.64. The van der Waals surface area contributed by atoms with Crippen molar-refractivity contribution < 1.29 is 14.3 Å². The molecule has 124 valence electrons. The fraction of sp³-hybridized carbons (Fsp3) is 0.263. The summed E-state index contributed by atoms with van der Waals surface area (Å²) < 4.78 is 10.6. The van der Waals surface area contributed by atoms with Crippen LogP contribution in [0.1, 0.15) is 23.2 Å². The first-order valence-electron chi connectivity index (χ1n) is 7.75. The molecule has 2 atom stereocenters. The minimum Gasteiger partial charge on any atom is -0.493 e. The summed E-state index contributed by atoms with van der Waals surface area (Å²) in [5.74, 6) is 1.05. The number of carbonyl (C=O) groups is 1. The van der Waals surface area contributed by atoms with Gasteiger partial charge < -0.3 is 14.4 Å². The largest absolute Gasteiger partial charge is 0.493 e. The third kappa shape index (κ3) is 2.62. The molecule has 0 aliphatic carbocycles. The van der Waals surface area contributed by atoms with Crippen molar-refractivity contribution in [1.29, 1.82) is 0 Å². The highest BCUT2D eigenvalue weighted by Crippen LogP contribution is 2.47. The topological polar surface area (TPSA) is 51.7 Å². The number of pyridine rings is 1. The van der Waals surface area contributed by atoms with Crippen molar-refractivity contribution in [3.63, 3.8) is 0 Å². The van der Waals surface area contributed by atoms with Gasteiger partial charge in [-0.25, -0.2) is 0 Å². The van der Waals surface area contributed by atoms with E-state index in [4.69, 9.17) is 9.47 Å². The molecule has 1 saturated heterocycles. The molecule has 0 unspecified atom stereocenters. The maximum absolute atomic E-state index is 12.7. The van der Waals surface area contributed by atoms with Crippen molar-refractivity contribution in [2.24, 2.45) is 0 Å².